The molecule has 0 unspecified atom stereocenters. The number of amidine groups is 4. The second-order valence-corrected chi connectivity index (χ2v) is 49.4. The molecule has 0 saturated heterocycles. The van der Waals surface area contributed by atoms with Gasteiger partial charge in [0.2, 0.25) is 0 Å². The van der Waals surface area contributed by atoms with E-state index in [1.54, 1.807) is 24.3 Å². The van der Waals surface area contributed by atoms with E-state index in [1.165, 1.54) is 191 Å². The van der Waals surface area contributed by atoms with Crippen LogP contribution in [-0.2, 0) is 50.6 Å². The van der Waals surface area contributed by atoms with E-state index >= 15 is 0 Å². The number of hydrogen-bond donors (Lipinski definition) is 5. The number of benzene rings is 12. The molecule has 118 heavy (non-hydrogen) atoms. The normalized spacial score (nSPS) is 13.8. The summed E-state index contributed by atoms with van der Waals surface area (Å²) in [4.78, 5) is 42.8. The van der Waals surface area contributed by atoms with Crippen LogP contribution in [0.25, 0.3) is 21.5 Å². The van der Waals surface area contributed by atoms with Gasteiger partial charge in [-0.1, -0.05) is 0 Å². The Labute approximate surface area is 719 Å². The van der Waals surface area contributed by atoms with E-state index in [1.807, 2.05) is 145 Å². The van der Waals surface area contributed by atoms with Crippen molar-refractivity contribution in [3.63, 3.8) is 0 Å². The molecule has 6 heterocycles. The third-order valence-electron chi connectivity index (χ3n) is 18.6. The molecule has 6 bridgehead atoms. The Morgan fingerprint density at radius 2 is 0.441 bits per heavy atom. The Morgan fingerprint density at radius 1 is 0.237 bits per heavy atom. The zero-order valence-electron chi connectivity index (χ0n) is 59.5. The van der Waals surface area contributed by atoms with Crippen molar-refractivity contribution >= 4 is 231 Å². The summed E-state index contributed by atoms with van der Waals surface area (Å²) >= 11 is 5.27. The Bertz CT molecular complexity index is 7380. The molecular weight excluding hydrogens is 1880 g/mol. The molecule has 4 aliphatic heterocycles. The first-order valence-corrected chi connectivity index (χ1v) is 55.5. The summed E-state index contributed by atoms with van der Waals surface area (Å²) in [6.45, 7) is 0. The number of halogens is 1. The van der Waals surface area contributed by atoms with Gasteiger partial charge in [-0.05, 0) is 0 Å². The summed E-state index contributed by atoms with van der Waals surface area (Å²) in [7, 11) is -14.3. The first-order valence-electron chi connectivity index (χ1n) is 34.7. The van der Waals surface area contributed by atoms with Crippen molar-refractivity contribution in [2.45, 2.75) is 103 Å². The monoisotopic (exact) mass is 1930 g/mol. The van der Waals surface area contributed by atoms with Gasteiger partial charge in [-0.3, -0.25) is 9.11 Å². The van der Waals surface area contributed by atoms with E-state index in [-0.39, 0.29) is 70.4 Å². The minimum atomic E-state index is -5.23. The molecule has 0 fully saturated rings. The van der Waals surface area contributed by atoms with Gasteiger partial charge >= 0.3 is 701 Å². The van der Waals surface area contributed by atoms with Gasteiger partial charge in [0.1, 0.15) is 0 Å². The number of hydrogen-bond acceptors (Lipinski definition) is 24. The van der Waals surface area contributed by atoms with Gasteiger partial charge < -0.3 is 0 Å². The SMILES string of the molecule is O=S(=O)(O)c1ccc(Sc2ccc(Sc3ccc(S(=O)(=O)O)cc3)c3c2C2=NC3=Nc3c4c(Sc5ccc(S(=O)(=O)O)cc5)ccc(Sc5ccc(S(=O)(=O)O)cc5)c4c4[n]3[In]([Cl])[n]3c(c5c(Sc6ccccc6)ccc(Sc6ccc(S(=O)(=O)O)cc6)c5c3=N2)=NC2=NC(=N4)c3c(Sc4ccccc4)ccc(Sc4ccccc4)c32)cc1. The maximum atomic E-state index is 12.7. The van der Waals surface area contributed by atoms with Crippen LogP contribution in [0.15, 0.2) is 394 Å². The number of aliphatic imine (C=N–C) groups is 4. The molecule has 0 atom stereocenters. The number of aromatic nitrogens is 2. The summed E-state index contributed by atoms with van der Waals surface area (Å²) in [5, 5.41) is 1.81. The first kappa shape index (κ1) is 80.6. The van der Waals surface area contributed by atoms with Crippen LogP contribution in [0.4, 0.5) is 11.6 Å². The molecule has 0 radical (unpaired) electrons. The van der Waals surface area contributed by atoms with E-state index < -0.39 is 71.4 Å². The standard InChI is InChI=1S/C80H48N8O15S13.ClH.In/c89-112(90,91)52-26-16-47(17-27-52)107-60-39-38-59(106-46-14-8-3-9-15-46)67-68(60)76-84-75(67)82-73-65-57(104-44-10-4-1-5-11-44)36-37-58(105-45-12-6-2-7-13-45)66(65)74(81-73)83-77-69-61(108-48-18-28-53(29-19-48)113(92,93)94)40-41-62(109-49-20-30-54(31-21-49)114(95,96)97)70(69)79(86-77)88-80-72-64(111-51-24-34-56(35-25-51)116(101,102)103)43-42-63(71(72)78(85-76)87-80)110-50-22-32-55(33-23-50)115(98,99)100;;/h1-43H,(H5-2,81,82,83,84,85,86,87,88,89,90,91,92,93,94,95,96,97,98,99,100,101,102,103);1H;/q-2;;+3/p-1. The predicted molar refractivity (Wildman–Crippen MR) is 461 cm³/mol. The summed E-state index contributed by atoms with van der Waals surface area (Å²) in [5.41, 5.74) is 2.43. The van der Waals surface area contributed by atoms with Crippen LogP contribution in [0.1, 0.15) is 22.3 Å². The predicted octanol–water partition coefficient (Wildman–Crippen LogP) is 18.6. The fourth-order valence-corrected chi connectivity index (χ4v) is 31.1. The van der Waals surface area contributed by atoms with E-state index in [9.17, 15) is 64.9 Å². The van der Waals surface area contributed by atoms with Crippen molar-refractivity contribution in [1.29, 1.82) is 0 Å². The van der Waals surface area contributed by atoms with Gasteiger partial charge in [0.25, 0.3) is 0 Å². The topological polar surface area (TPSA) is 356 Å². The molecule has 0 amide bonds. The van der Waals surface area contributed by atoms with Gasteiger partial charge in [-0.25, -0.2) is 0 Å². The zero-order valence-corrected chi connectivity index (χ0v) is 74.2. The van der Waals surface area contributed by atoms with Gasteiger partial charge in [0.15, 0.2) is 0 Å². The number of fused-ring (bicyclic) bond motifs is 14. The van der Waals surface area contributed by atoms with Crippen molar-refractivity contribution in [3.05, 3.63) is 294 Å². The average molecular weight is 1930 g/mol. The van der Waals surface area contributed by atoms with Crippen LogP contribution < -0.4 is 11.0 Å². The molecule has 12 aromatic carbocycles. The summed E-state index contributed by atoms with van der Waals surface area (Å²) in [6, 6.07) is 72.7. The zero-order chi connectivity index (χ0) is 81.9. The van der Waals surface area contributed by atoms with Crippen molar-refractivity contribution in [2.24, 2.45) is 30.0 Å². The molecular formula is C80H48ClInN8O15S13. The van der Waals surface area contributed by atoms with Crippen LogP contribution in [0.3, 0.4) is 0 Å². The van der Waals surface area contributed by atoms with Crippen molar-refractivity contribution in [3.8, 4) is 0 Å². The fraction of sp³-hybridized carbons (Fsp3) is 0. The first-order chi connectivity index (χ1) is 56.5. The van der Waals surface area contributed by atoms with Crippen LogP contribution in [0.5, 0.6) is 0 Å². The molecule has 0 aliphatic carbocycles. The minimum absolute atomic E-state index is 0.0445. The quantitative estimate of drug-likeness (QED) is 0.0417. The third kappa shape index (κ3) is 16.1. The molecule has 4 aliphatic rings. The Morgan fingerprint density at radius 3 is 0.678 bits per heavy atom. The molecule has 23 nitrogen and oxygen atoms in total. The van der Waals surface area contributed by atoms with Crippen molar-refractivity contribution in [2.75, 3.05) is 0 Å². The fourth-order valence-electron chi connectivity index (χ4n) is 13.4. The third-order valence-corrected chi connectivity index (χ3v) is 39.3. The molecule has 38 heteroatoms. The van der Waals surface area contributed by atoms with Gasteiger partial charge in [0.05, 0.1) is 0 Å². The molecule has 18 rings (SSSR count). The number of rotatable bonds is 21. The second-order valence-electron chi connectivity index (χ2n) is 26.0. The van der Waals surface area contributed by atoms with E-state index in [4.69, 9.17) is 38.5 Å². The average Bonchev–Trinajstić information content (AvgIpc) is 1.54. The molecule has 586 valence electrons. The van der Waals surface area contributed by atoms with Crippen molar-refractivity contribution < 1.29 is 64.9 Å². The number of nitrogens with zero attached hydrogens (tertiary/aromatic N) is 8. The summed E-state index contributed by atoms with van der Waals surface area (Å²) in [6.07, 6.45) is 0. The van der Waals surface area contributed by atoms with E-state index in [0.717, 1.165) is 24.5 Å². The van der Waals surface area contributed by atoms with E-state index in [0.29, 0.717) is 97.6 Å². The molecule has 0 spiro atoms. The van der Waals surface area contributed by atoms with Crippen LogP contribution in [0.2, 0.25) is 0 Å². The summed E-state index contributed by atoms with van der Waals surface area (Å²) in [5.74, 6) is 0.920. The molecule has 14 aromatic rings. The second kappa shape index (κ2) is 31.8. The summed E-state index contributed by atoms with van der Waals surface area (Å²) < 4.78 is 182. The van der Waals surface area contributed by atoms with Crippen LogP contribution in [-0.4, -0.2) is 114 Å². The van der Waals surface area contributed by atoms with E-state index in [2.05, 4.69) is 0 Å². The molecule has 5 N–H and O–H groups in total. The maximum absolute atomic E-state index is 12.7. The van der Waals surface area contributed by atoms with Gasteiger partial charge in [0, 0.05) is 0 Å². The Hall–Kier alpha value is -8.49. The molecule has 0 saturated carbocycles. The van der Waals surface area contributed by atoms with Crippen LogP contribution in [0, 0.1) is 0 Å². The Kier molecular flexibility index (Phi) is 21.7. The van der Waals surface area contributed by atoms with Crippen LogP contribution >= 0.6 is 103 Å². The van der Waals surface area contributed by atoms with Crippen molar-refractivity contribution in [1.82, 2.24) is 5.11 Å². The Balaban J connectivity index is 1.04. The van der Waals surface area contributed by atoms with Gasteiger partial charge in [-0.15, -0.1) is 0 Å². The van der Waals surface area contributed by atoms with Gasteiger partial charge in [-0.2, -0.15) is 16.8 Å². The molecule has 2 aromatic heterocycles.